The van der Waals surface area contributed by atoms with Gasteiger partial charge in [-0.15, -0.1) is 0 Å². The third-order valence-electron chi connectivity index (χ3n) is 2.79. The molecule has 18 heavy (non-hydrogen) atoms. The van der Waals surface area contributed by atoms with E-state index in [4.69, 9.17) is 4.42 Å². The molecule has 2 heterocycles. The number of aromatic nitrogens is 2. The van der Waals surface area contributed by atoms with Crippen molar-refractivity contribution in [2.75, 3.05) is 0 Å². The van der Waals surface area contributed by atoms with Gasteiger partial charge in [0, 0.05) is 23.3 Å². The standard InChI is InChI=1S/C15H13N2O/c1-17-9-7-13(8-10-17)15-16-11-14(18-15)12-5-3-2-4-6-12/h2-11H,1H3/q+1. The summed E-state index contributed by atoms with van der Waals surface area (Å²) in [4.78, 5) is 4.32. The number of hydrogen-bond acceptors (Lipinski definition) is 2. The molecular weight excluding hydrogens is 224 g/mol. The van der Waals surface area contributed by atoms with Crippen LogP contribution in [0.3, 0.4) is 0 Å². The van der Waals surface area contributed by atoms with Crippen molar-refractivity contribution in [1.82, 2.24) is 4.98 Å². The van der Waals surface area contributed by atoms with Crippen LogP contribution in [0.1, 0.15) is 0 Å². The Hall–Kier alpha value is -2.42. The zero-order valence-corrected chi connectivity index (χ0v) is 10.1. The summed E-state index contributed by atoms with van der Waals surface area (Å²) < 4.78 is 7.75. The average Bonchev–Trinajstić information content (AvgIpc) is 2.90. The highest BCUT2D eigenvalue weighted by molar-refractivity contribution is 5.60. The topological polar surface area (TPSA) is 29.9 Å². The van der Waals surface area contributed by atoms with E-state index < -0.39 is 0 Å². The first-order valence-electron chi connectivity index (χ1n) is 5.80. The molecule has 2 aromatic heterocycles. The van der Waals surface area contributed by atoms with Crippen LogP contribution < -0.4 is 4.57 Å². The van der Waals surface area contributed by atoms with Crippen LogP contribution >= 0.6 is 0 Å². The smallest absolute Gasteiger partial charge is 0.227 e. The highest BCUT2D eigenvalue weighted by Gasteiger charge is 2.08. The van der Waals surface area contributed by atoms with E-state index in [1.807, 2.05) is 66.5 Å². The summed E-state index contributed by atoms with van der Waals surface area (Å²) in [5.74, 6) is 1.44. The van der Waals surface area contributed by atoms with Crippen molar-refractivity contribution < 1.29 is 8.98 Å². The number of nitrogens with zero attached hydrogens (tertiary/aromatic N) is 2. The molecule has 88 valence electrons. The van der Waals surface area contributed by atoms with Crippen molar-refractivity contribution in [2.45, 2.75) is 0 Å². The van der Waals surface area contributed by atoms with Crippen LogP contribution in [0, 0.1) is 0 Å². The van der Waals surface area contributed by atoms with E-state index in [0.717, 1.165) is 16.9 Å². The van der Waals surface area contributed by atoms with Gasteiger partial charge in [0.25, 0.3) is 0 Å². The molecule has 0 saturated carbocycles. The molecular formula is C15H13N2O+. The molecule has 0 radical (unpaired) electrons. The molecule has 3 rings (SSSR count). The summed E-state index contributed by atoms with van der Waals surface area (Å²) in [5, 5.41) is 0. The van der Waals surface area contributed by atoms with Gasteiger partial charge in [-0.1, -0.05) is 30.3 Å². The van der Waals surface area contributed by atoms with E-state index in [9.17, 15) is 0 Å². The minimum atomic E-state index is 0.648. The van der Waals surface area contributed by atoms with Crippen LogP contribution in [0.15, 0.2) is 65.5 Å². The summed E-state index contributed by atoms with van der Waals surface area (Å²) in [6.07, 6.45) is 5.71. The molecule has 3 heteroatoms. The van der Waals surface area contributed by atoms with E-state index in [2.05, 4.69) is 4.98 Å². The Balaban J connectivity index is 1.97. The molecule has 0 aliphatic heterocycles. The van der Waals surface area contributed by atoms with Gasteiger partial charge in [0.15, 0.2) is 18.2 Å². The molecule has 0 saturated heterocycles. The molecule has 0 atom stereocenters. The van der Waals surface area contributed by atoms with Gasteiger partial charge < -0.3 is 4.42 Å². The first-order valence-corrected chi connectivity index (χ1v) is 5.80. The molecule has 0 amide bonds. The van der Waals surface area contributed by atoms with E-state index in [1.165, 1.54) is 0 Å². The summed E-state index contributed by atoms with van der Waals surface area (Å²) in [6, 6.07) is 13.9. The zero-order valence-electron chi connectivity index (χ0n) is 10.1. The van der Waals surface area contributed by atoms with Gasteiger partial charge in [0.1, 0.15) is 7.05 Å². The molecule has 3 aromatic rings. The number of pyridine rings is 1. The Bertz CT molecular complexity index is 642. The van der Waals surface area contributed by atoms with Crippen LogP contribution in [0.4, 0.5) is 0 Å². The lowest BCUT2D eigenvalue weighted by Gasteiger charge is -1.95. The quantitative estimate of drug-likeness (QED) is 0.641. The van der Waals surface area contributed by atoms with Gasteiger partial charge in [-0.25, -0.2) is 9.55 Å². The van der Waals surface area contributed by atoms with E-state index >= 15 is 0 Å². The molecule has 0 bridgehead atoms. The second kappa shape index (κ2) is 4.45. The SMILES string of the molecule is C[n+]1ccc(-c2ncc(-c3ccccc3)o2)cc1. The van der Waals surface area contributed by atoms with Crippen LogP contribution in [-0.4, -0.2) is 4.98 Å². The highest BCUT2D eigenvalue weighted by atomic mass is 16.4. The third kappa shape index (κ3) is 2.02. The van der Waals surface area contributed by atoms with Gasteiger partial charge in [0.05, 0.1) is 6.20 Å². The maximum Gasteiger partial charge on any atom is 0.227 e. The molecule has 0 spiro atoms. The van der Waals surface area contributed by atoms with Gasteiger partial charge in [0.2, 0.25) is 5.89 Å². The summed E-state index contributed by atoms with van der Waals surface area (Å²) >= 11 is 0. The maximum atomic E-state index is 5.78. The molecule has 0 N–H and O–H groups in total. The van der Waals surface area contributed by atoms with E-state index in [1.54, 1.807) is 6.20 Å². The number of aryl methyl sites for hydroxylation is 1. The summed E-state index contributed by atoms with van der Waals surface area (Å²) in [7, 11) is 1.98. The zero-order chi connectivity index (χ0) is 12.4. The fourth-order valence-corrected chi connectivity index (χ4v) is 1.79. The minimum absolute atomic E-state index is 0.648. The highest BCUT2D eigenvalue weighted by Crippen LogP contribution is 2.24. The second-order valence-electron chi connectivity index (χ2n) is 4.15. The fraction of sp³-hybridized carbons (Fsp3) is 0.0667. The number of rotatable bonds is 2. The van der Waals surface area contributed by atoms with Crippen molar-refractivity contribution in [3.63, 3.8) is 0 Å². The van der Waals surface area contributed by atoms with Gasteiger partial charge in [-0.05, 0) is 0 Å². The van der Waals surface area contributed by atoms with Gasteiger partial charge >= 0.3 is 0 Å². The third-order valence-corrected chi connectivity index (χ3v) is 2.79. The van der Waals surface area contributed by atoms with Gasteiger partial charge in [-0.3, -0.25) is 0 Å². The minimum Gasteiger partial charge on any atom is -0.436 e. The predicted molar refractivity (Wildman–Crippen MR) is 68.6 cm³/mol. The largest absolute Gasteiger partial charge is 0.436 e. The van der Waals surface area contributed by atoms with Crippen molar-refractivity contribution in [3.8, 4) is 22.8 Å². The Morgan fingerprint density at radius 2 is 1.67 bits per heavy atom. The molecule has 1 aromatic carbocycles. The predicted octanol–water partition coefficient (Wildman–Crippen LogP) is 2.83. The fourth-order valence-electron chi connectivity index (χ4n) is 1.79. The van der Waals surface area contributed by atoms with Crippen molar-refractivity contribution in [1.29, 1.82) is 0 Å². The first kappa shape index (κ1) is 10.7. The average molecular weight is 237 g/mol. The van der Waals surface area contributed by atoms with Crippen LogP contribution in [-0.2, 0) is 7.05 Å². The van der Waals surface area contributed by atoms with Crippen molar-refractivity contribution in [3.05, 3.63) is 61.1 Å². The van der Waals surface area contributed by atoms with Crippen molar-refractivity contribution >= 4 is 0 Å². The van der Waals surface area contributed by atoms with Gasteiger partial charge in [-0.2, -0.15) is 0 Å². The van der Waals surface area contributed by atoms with Crippen molar-refractivity contribution in [2.24, 2.45) is 7.05 Å². The Morgan fingerprint density at radius 3 is 2.39 bits per heavy atom. The lowest BCUT2D eigenvalue weighted by molar-refractivity contribution is -0.671. The Labute approximate surface area is 105 Å². The Kier molecular flexibility index (Phi) is 2.65. The molecule has 0 unspecified atom stereocenters. The lowest BCUT2D eigenvalue weighted by Crippen LogP contribution is -2.25. The summed E-state index contributed by atoms with van der Waals surface area (Å²) in [5.41, 5.74) is 2.02. The van der Waals surface area contributed by atoms with Crippen LogP contribution in [0.25, 0.3) is 22.8 Å². The number of benzene rings is 1. The number of hydrogen-bond donors (Lipinski definition) is 0. The number of oxazole rings is 1. The van der Waals surface area contributed by atoms with Crippen LogP contribution in [0.5, 0.6) is 0 Å². The first-order chi connectivity index (χ1) is 8.83. The second-order valence-corrected chi connectivity index (χ2v) is 4.15. The normalized spacial score (nSPS) is 10.5. The monoisotopic (exact) mass is 237 g/mol. The van der Waals surface area contributed by atoms with Crippen LogP contribution in [0.2, 0.25) is 0 Å². The summed E-state index contributed by atoms with van der Waals surface area (Å²) in [6.45, 7) is 0. The molecule has 0 aliphatic carbocycles. The van der Waals surface area contributed by atoms with E-state index in [-0.39, 0.29) is 0 Å². The Morgan fingerprint density at radius 1 is 0.944 bits per heavy atom. The lowest BCUT2D eigenvalue weighted by atomic mass is 10.2. The molecule has 0 aliphatic rings. The maximum absolute atomic E-state index is 5.78. The molecule has 0 fully saturated rings. The van der Waals surface area contributed by atoms with E-state index in [0.29, 0.717) is 5.89 Å². The molecule has 3 nitrogen and oxygen atoms in total.